The zero-order chi connectivity index (χ0) is 11.4. The summed E-state index contributed by atoms with van der Waals surface area (Å²) in [5.41, 5.74) is 2.39. The van der Waals surface area contributed by atoms with Crippen LogP contribution in [-0.4, -0.2) is 0 Å². The van der Waals surface area contributed by atoms with Gasteiger partial charge in [0.15, 0.2) is 0 Å². The first-order chi connectivity index (χ1) is 7.81. The molecule has 0 spiro atoms. The van der Waals surface area contributed by atoms with Gasteiger partial charge in [-0.15, -0.1) is 0 Å². The highest BCUT2D eigenvalue weighted by Crippen LogP contribution is 2.25. The van der Waals surface area contributed by atoms with E-state index in [0.29, 0.717) is 10.6 Å². The van der Waals surface area contributed by atoms with Crippen LogP contribution in [0.25, 0.3) is 11.6 Å². The topological polar surface area (TPSA) is 23.8 Å². The zero-order valence-electron chi connectivity index (χ0n) is 8.35. The molecule has 16 heavy (non-hydrogen) atoms. The lowest BCUT2D eigenvalue weighted by molar-refractivity contribution is 1.52. The number of nitrogens with zero attached hydrogens (tertiary/aromatic N) is 1. The highest BCUT2D eigenvalue weighted by atomic mass is 35.5. The van der Waals surface area contributed by atoms with Crippen LogP contribution in [-0.2, 0) is 0 Å². The molecule has 0 saturated carbocycles. The van der Waals surface area contributed by atoms with E-state index in [0.717, 1.165) is 11.1 Å². The first kappa shape index (κ1) is 10.9. The molecule has 1 aromatic carbocycles. The molecule has 0 bridgehead atoms. The van der Waals surface area contributed by atoms with Gasteiger partial charge in [-0.2, -0.15) is 16.6 Å². The highest BCUT2D eigenvalue weighted by molar-refractivity contribution is 7.08. The predicted octanol–water partition coefficient (Wildman–Crippen LogP) is 4.47. The Morgan fingerprint density at radius 2 is 2.12 bits per heavy atom. The van der Waals surface area contributed by atoms with Crippen molar-refractivity contribution in [2.45, 2.75) is 0 Å². The van der Waals surface area contributed by atoms with Gasteiger partial charge in [0.2, 0.25) is 0 Å². The summed E-state index contributed by atoms with van der Waals surface area (Å²) in [7, 11) is 0. The Bertz CT molecular complexity index is 550. The van der Waals surface area contributed by atoms with Crippen LogP contribution in [0.2, 0.25) is 5.02 Å². The van der Waals surface area contributed by atoms with E-state index in [2.05, 4.69) is 6.07 Å². The van der Waals surface area contributed by atoms with E-state index in [1.165, 1.54) is 0 Å². The summed E-state index contributed by atoms with van der Waals surface area (Å²) >= 11 is 7.65. The molecule has 1 heterocycles. The van der Waals surface area contributed by atoms with Crippen LogP contribution in [0.5, 0.6) is 0 Å². The van der Waals surface area contributed by atoms with Gasteiger partial charge in [-0.1, -0.05) is 29.8 Å². The average molecular weight is 246 g/mol. The minimum atomic E-state index is 0.587. The number of allylic oxidation sites excluding steroid dienone is 1. The summed E-state index contributed by atoms with van der Waals surface area (Å²) in [6, 6.07) is 11.5. The number of nitriles is 1. The number of hydrogen-bond acceptors (Lipinski definition) is 2. The molecule has 0 amide bonds. The first-order valence-corrected chi connectivity index (χ1v) is 6.02. The summed E-state index contributed by atoms with van der Waals surface area (Å²) in [4.78, 5) is 0. The molecule has 3 heteroatoms. The van der Waals surface area contributed by atoms with E-state index in [4.69, 9.17) is 16.9 Å². The summed E-state index contributed by atoms with van der Waals surface area (Å²) in [6.45, 7) is 0. The van der Waals surface area contributed by atoms with Crippen LogP contribution < -0.4 is 0 Å². The van der Waals surface area contributed by atoms with Crippen molar-refractivity contribution in [2.24, 2.45) is 0 Å². The minimum Gasteiger partial charge on any atom is -0.192 e. The van der Waals surface area contributed by atoms with Crippen LogP contribution in [0.15, 0.2) is 41.1 Å². The number of halogens is 1. The molecule has 0 fully saturated rings. The van der Waals surface area contributed by atoms with Gasteiger partial charge in [0.25, 0.3) is 0 Å². The van der Waals surface area contributed by atoms with Gasteiger partial charge < -0.3 is 0 Å². The minimum absolute atomic E-state index is 0.587. The largest absolute Gasteiger partial charge is 0.192 e. The molecule has 0 N–H and O–H groups in total. The van der Waals surface area contributed by atoms with E-state index in [-0.39, 0.29) is 0 Å². The molecular formula is C13H8ClNS. The molecule has 2 rings (SSSR count). The van der Waals surface area contributed by atoms with Crippen LogP contribution >= 0.6 is 22.9 Å². The van der Waals surface area contributed by atoms with Crippen LogP contribution in [0.4, 0.5) is 0 Å². The molecule has 0 aliphatic rings. The van der Waals surface area contributed by atoms with Gasteiger partial charge in [-0.25, -0.2) is 0 Å². The Labute approximate surface area is 103 Å². The molecule has 0 radical (unpaired) electrons. The van der Waals surface area contributed by atoms with Crippen molar-refractivity contribution in [3.05, 3.63) is 57.2 Å². The molecule has 0 saturated heterocycles. The highest BCUT2D eigenvalue weighted by Gasteiger charge is 2.05. The van der Waals surface area contributed by atoms with Gasteiger partial charge in [0.1, 0.15) is 0 Å². The summed E-state index contributed by atoms with van der Waals surface area (Å²) in [6.07, 6.45) is 1.84. The SMILES string of the molecule is N#CC(=Cc1ccsc1)c1ccccc1Cl. The van der Waals surface area contributed by atoms with Gasteiger partial charge in [0.05, 0.1) is 11.6 Å². The van der Waals surface area contributed by atoms with Crippen molar-refractivity contribution in [3.8, 4) is 6.07 Å². The molecule has 0 atom stereocenters. The fraction of sp³-hybridized carbons (Fsp3) is 0. The van der Waals surface area contributed by atoms with Crippen molar-refractivity contribution in [2.75, 3.05) is 0 Å². The van der Waals surface area contributed by atoms with Crippen molar-refractivity contribution in [1.29, 1.82) is 5.26 Å². The quantitative estimate of drug-likeness (QED) is 0.717. The Hall–Kier alpha value is -1.56. The molecule has 0 aliphatic heterocycles. The van der Waals surface area contributed by atoms with Crippen molar-refractivity contribution >= 4 is 34.6 Å². The lowest BCUT2D eigenvalue weighted by atomic mass is 10.1. The number of hydrogen-bond donors (Lipinski definition) is 0. The van der Waals surface area contributed by atoms with E-state index in [1.54, 1.807) is 17.4 Å². The number of thiophene rings is 1. The third-order valence-corrected chi connectivity index (χ3v) is 3.17. The zero-order valence-corrected chi connectivity index (χ0v) is 9.92. The lowest BCUT2D eigenvalue weighted by Crippen LogP contribution is -1.82. The Morgan fingerprint density at radius 3 is 2.75 bits per heavy atom. The molecule has 0 aliphatic carbocycles. The molecule has 78 valence electrons. The molecule has 1 aromatic heterocycles. The van der Waals surface area contributed by atoms with Crippen molar-refractivity contribution in [1.82, 2.24) is 0 Å². The summed E-state index contributed by atoms with van der Waals surface area (Å²) in [5.74, 6) is 0. The fourth-order valence-corrected chi connectivity index (χ4v) is 2.23. The number of benzene rings is 1. The second-order valence-corrected chi connectivity index (χ2v) is 4.39. The normalized spacial score (nSPS) is 11.1. The van der Waals surface area contributed by atoms with Crippen LogP contribution in [0.3, 0.4) is 0 Å². The van der Waals surface area contributed by atoms with Gasteiger partial charge >= 0.3 is 0 Å². The second kappa shape index (κ2) is 4.98. The van der Waals surface area contributed by atoms with Gasteiger partial charge in [0, 0.05) is 10.6 Å². The average Bonchev–Trinajstić information content (AvgIpc) is 2.80. The summed E-state index contributed by atoms with van der Waals surface area (Å²) < 4.78 is 0. The third kappa shape index (κ3) is 2.33. The lowest BCUT2D eigenvalue weighted by Gasteiger charge is -2.01. The molecular weight excluding hydrogens is 238 g/mol. The van der Waals surface area contributed by atoms with Crippen LogP contribution in [0.1, 0.15) is 11.1 Å². The van der Waals surface area contributed by atoms with E-state index >= 15 is 0 Å². The maximum atomic E-state index is 9.13. The smallest absolute Gasteiger partial charge is 0.0998 e. The number of rotatable bonds is 2. The van der Waals surface area contributed by atoms with Gasteiger partial charge in [-0.3, -0.25) is 0 Å². The van der Waals surface area contributed by atoms with Crippen molar-refractivity contribution in [3.63, 3.8) is 0 Å². The van der Waals surface area contributed by atoms with Crippen LogP contribution in [0, 0.1) is 11.3 Å². The van der Waals surface area contributed by atoms with E-state index < -0.39 is 0 Å². The fourth-order valence-electron chi connectivity index (χ4n) is 1.37. The third-order valence-electron chi connectivity index (χ3n) is 2.14. The molecule has 2 aromatic rings. The summed E-state index contributed by atoms with van der Waals surface area (Å²) in [5, 5.41) is 13.7. The Morgan fingerprint density at radius 1 is 1.31 bits per heavy atom. The first-order valence-electron chi connectivity index (χ1n) is 4.70. The van der Waals surface area contributed by atoms with Crippen molar-refractivity contribution < 1.29 is 0 Å². The predicted molar refractivity (Wildman–Crippen MR) is 69.3 cm³/mol. The van der Waals surface area contributed by atoms with E-state index in [1.807, 2.05) is 41.1 Å². The van der Waals surface area contributed by atoms with E-state index in [9.17, 15) is 0 Å². The Kier molecular flexibility index (Phi) is 3.40. The standard InChI is InChI=1S/C13H8ClNS/c14-13-4-2-1-3-12(13)11(8-15)7-10-5-6-16-9-10/h1-7,9H. The molecule has 0 unspecified atom stereocenters. The second-order valence-electron chi connectivity index (χ2n) is 3.21. The maximum absolute atomic E-state index is 9.13. The maximum Gasteiger partial charge on any atom is 0.0998 e. The Balaban J connectivity index is 2.46. The van der Waals surface area contributed by atoms with Gasteiger partial charge in [-0.05, 0) is 34.5 Å². The monoisotopic (exact) mass is 245 g/mol. The molecule has 1 nitrogen and oxygen atoms in total.